The molecule has 0 atom stereocenters. The van der Waals surface area contributed by atoms with E-state index in [4.69, 9.17) is 5.11 Å². The summed E-state index contributed by atoms with van der Waals surface area (Å²) in [5, 5.41) is 8.07. The normalized spacial score (nSPS) is 8.00. The van der Waals surface area contributed by atoms with Crippen molar-refractivity contribution in [2.45, 2.75) is 0 Å². The van der Waals surface area contributed by atoms with Crippen LogP contribution in [0.2, 0.25) is 0 Å². The number of hydrogen-bond acceptors (Lipinski definition) is 3. The summed E-state index contributed by atoms with van der Waals surface area (Å²) in [5.74, 6) is 0. The van der Waals surface area contributed by atoms with Gasteiger partial charge in [0, 0.05) is 32.7 Å². The molecule has 0 fully saturated rings. The average molecular weight is 209 g/mol. The van der Waals surface area contributed by atoms with E-state index in [9.17, 15) is 0 Å². The third-order valence-electron chi connectivity index (χ3n) is 0.441. The molecule has 0 amide bonds. The molecule has 0 aliphatic rings. The van der Waals surface area contributed by atoms with Gasteiger partial charge in [0.1, 0.15) is 13.5 Å². The Labute approximate surface area is 82.3 Å². The van der Waals surface area contributed by atoms with Crippen LogP contribution >= 0.6 is 0 Å². The van der Waals surface area contributed by atoms with Crippen molar-refractivity contribution in [3.8, 4) is 0 Å². The van der Waals surface area contributed by atoms with Gasteiger partial charge in [0.2, 0.25) is 0 Å². The number of aliphatic hydroxyl groups is 1. The smallest absolute Gasteiger partial charge is 0.145 e. The van der Waals surface area contributed by atoms with E-state index in [1.54, 1.807) is 0 Å². The van der Waals surface area contributed by atoms with Crippen LogP contribution < -0.4 is 0 Å². The molecule has 0 aromatic carbocycles. The zero-order valence-electron chi connectivity index (χ0n) is 6.29. The zero-order valence-corrected chi connectivity index (χ0v) is 9.13. The van der Waals surface area contributed by atoms with Crippen LogP contribution in [0.25, 0.3) is 0 Å². The van der Waals surface area contributed by atoms with E-state index < -0.39 is 0 Å². The third kappa shape index (κ3) is 17.6. The van der Waals surface area contributed by atoms with Gasteiger partial charge in [-0.15, -0.1) is 0 Å². The second-order valence-electron chi connectivity index (χ2n) is 1.54. The molecule has 3 nitrogen and oxygen atoms in total. The molecule has 0 rings (SSSR count). The van der Waals surface area contributed by atoms with Crippen molar-refractivity contribution in [1.29, 1.82) is 0 Å². The summed E-state index contributed by atoms with van der Waals surface area (Å²) < 4.78 is 4.58. The molecular weight excluding hydrogens is 195 g/mol. The summed E-state index contributed by atoms with van der Waals surface area (Å²) in [4.78, 5) is 1.83. The van der Waals surface area contributed by atoms with Crippen molar-refractivity contribution in [2.24, 2.45) is 0 Å². The SMILES string of the molecule is CN(C)COCO.[CH3-].[Y]. The molecule has 0 aromatic heterocycles. The minimum atomic E-state index is -0.196. The van der Waals surface area contributed by atoms with E-state index in [2.05, 4.69) is 4.74 Å². The third-order valence-corrected chi connectivity index (χ3v) is 0.441. The van der Waals surface area contributed by atoms with Crippen molar-refractivity contribution in [3.05, 3.63) is 7.43 Å². The molecular formula is C5H14NO2Y-. The Kier molecular flexibility index (Phi) is 21.6. The van der Waals surface area contributed by atoms with Gasteiger partial charge >= 0.3 is 0 Å². The van der Waals surface area contributed by atoms with Crippen LogP contribution in [0.1, 0.15) is 0 Å². The number of ether oxygens (including phenoxy) is 1. The van der Waals surface area contributed by atoms with Gasteiger partial charge in [-0.3, -0.25) is 4.90 Å². The number of rotatable bonds is 3. The van der Waals surface area contributed by atoms with E-state index in [1.165, 1.54) is 0 Å². The van der Waals surface area contributed by atoms with Crippen LogP contribution in [0.15, 0.2) is 0 Å². The Morgan fingerprint density at radius 3 is 2.00 bits per heavy atom. The van der Waals surface area contributed by atoms with Gasteiger partial charge in [0.05, 0.1) is 0 Å². The van der Waals surface area contributed by atoms with Gasteiger partial charge in [0.15, 0.2) is 0 Å². The number of nitrogens with zero attached hydrogens (tertiary/aromatic N) is 1. The van der Waals surface area contributed by atoms with Crippen LogP contribution in [0.3, 0.4) is 0 Å². The Morgan fingerprint density at radius 1 is 1.44 bits per heavy atom. The predicted octanol–water partition coefficient (Wildman–Crippen LogP) is -0.0803. The number of aliphatic hydroxyl groups excluding tert-OH is 1. The second-order valence-corrected chi connectivity index (χ2v) is 1.54. The van der Waals surface area contributed by atoms with Gasteiger partial charge in [-0.05, 0) is 14.1 Å². The van der Waals surface area contributed by atoms with Crippen molar-refractivity contribution >= 4 is 0 Å². The van der Waals surface area contributed by atoms with E-state index in [1.807, 2.05) is 19.0 Å². The molecule has 0 aliphatic carbocycles. The van der Waals surface area contributed by atoms with E-state index in [0.29, 0.717) is 6.73 Å². The maximum atomic E-state index is 8.07. The van der Waals surface area contributed by atoms with Crippen LogP contribution in [0.4, 0.5) is 0 Å². The minimum Gasteiger partial charge on any atom is -0.371 e. The van der Waals surface area contributed by atoms with Crippen LogP contribution in [0.5, 0.6) is 0 Å². The molecule has 55 valence electrons. The second kappa shape index (κ2) is 11.7. The molecule has 0 aliphatic heterocycles. The Balaban J connectivity index is -0.000000180. The molecule has 1 radical (unpaired) electrons. The first-order valence-electron chi connectivity index (χ1n) is 2.10. The summed E-state index contributed by atoms with van der Waals surface area (Å²) in [5.41, 5.74) is 0. The van der Waals surface area contributed by atoms with Gasteiger partial charge in [-0.1, -0.05) is 0 Å². The molecule has 4 heteroatoms. The van der Waals surface area contributed by atoms with Crippen LogP contribution in [-0.2, 0) is 37.4 Å². The van der Waals surface area contributed by atoms with E-state index >= 15 is 0 Å². The standard InChI is InChI=1S/C4H11NO2.CH3.Y/c1-5(2)3-7-4-6;;/h6H,3-4H2,1-2H3;1H3;/q;-1;. The summed E-state index contributed by atoms with van der Waals surface area (Å²) in [6, 6.07) is 0. The fourth-order valence-electron chi connectivity index (χ4n) is 0.223. The largest absolute Gasteiger partial charge is 0.371 e. The first kappa shape index (κ1) is 16.5. The van der Waals surface area contributed by atoms with Crippen molar-refractivity contribution in [2.75, 3.05) is 27.6 Å². The van der Waals surface area contributed by atoms with Gasteiger partial charge in [-0.2, -0.15) is 0 Å². The fourth-order valence-corrected chi connectivity index (χ4v) is 0.223. The molecule has 0 bridgehead atoms. The molecule has 0 heterocycles. The summed E-state index contributed by atoms with van der Waals surface area (Å²) in [6.45, 7) is 0.286. The maximum Gasteiger partial charge on any atom is 0.145 e. The fraction of sp³-hybridized carbons (Fsp3) is 0.800. The first-order chi connectivity index (χ1) is 3.27. The quantitative estimate of drug-likeness (QED) is 0.521. The van der Waals surface area contributed by atoms with E-state index in [0.717, 1.165) is 0 Å². The average Bonchev–Trinajstić information content (AvgIpc) is 1.61. The van der Waals surface area contributed by atoms with Gasteiger partial charge in [0.25, 0.3) is 0 Å². The van der Waals surface area contributed by atoms with Crippen molar-refractivity contribution < 1.29 is 42.6 Å². The molecule has 0 aromatic rings. The van der Waals surface area contributed by atoms with Gasteiger partial charge in [-0.25, -0.2) is 0 Å². The Morgan fingerprint density at radius 2 is 1.89 bits per heavy atom. The molecule has 0 saturated heterocycles. The maximum absolute atomic E-state index is 8.07. The monoisotopic (exact) mass is 209 g/mol. The molecule has 0 saturated carbocycles. The molecule has 0 spiro atoms. The van der Waals surface area contributed by atoms with Crippen molar-refractivity contribution in [3.63, 3.8) is 0 Å². The van der Waals surface area contributed by atoms with Crippen molar-refractivity contribution in [1.82, 2.24) is 4.90 Å². The molecule has 9 heavy (non-hydrogen) atoms. The minimum absolute atomic E-state index is 0. The number of hydrogen-bond donors (Lipinski definition) is 1. The summed E-state index contributed by atoms with van der Waals surface area (Å²) >= 11 is 0. The van der Waals surface area contributed by atoms with Crippen LogP contribution in [-0.4, -0.2) is 37.6 Å². The summed E-state index contributed by atoms with van der Waals surface area (Å²) in [7, 11) is 3.74. The first-order valence-corrected chi connectivity index (χ1v) is 2.10. The topological polar surface area (TPSA) is 32.7 Å². The van der Waals surface area contributed by atoms with Gasteiger partial charge < -0.3 is 17.3 Å². The van der Waals surface area contributed by atoms with E-state index in [-0.39, 0.29) is 46.9 Å². The predicted molar refractivity (Wildman–Crippen MR) is 33.1 cm³/mol. The Hall–Kier alpha value is 0.984. The molecule has 1 N–H and O–H groups in total. The Bertz CT molecular complexity index is 43.9. The summed E-state index contributed by atoms with van der Waals surface area (Å²) in [6.07, 6.45) is 0. The molecule has 0 unspecified atom stereocenters. The van der Waals surface area contributed by atoms with Crippen LogP contribution in [0, 0.1) is 7.43 Å². The zero-order chi connectivity index (χ0) is 5.70.